The van der Waals surface area contributed by atoms with Crippen LogP contribution in [0.25, 0.3) is 0 Å². The van der Waals surface area contributed by atoms with Gasteiger partial charge >= 0.3 is 6.18 Å². The van der Waals surface area contributed by atoms with Crippen molar-refractivity contribution in [3.63, 3.8) is 0 Å². The van der Waals surface area contributed by atoms with Crippen LogP contribution in [-0.2, 0) is 24.1 Å². The van der Waals surface area contributed by atoms with Gasteiger partial charge in [0.05, 0.1) is 10.2 Å². The first-order valence-corrected chi connectivity index (χ1v) is 8.04. The van der Waals surface area contributed by atoms with E-state index in [0.29, 0.717) is 19.5 Å². The summed E-state index contributed by atoms with van der Waals surface area (Å²) in [5.41, 5.74) is 0.254. The second-order valence-electron chi connectivity index (χ2n) is 5.30. The van der Waals surface area contributed by atoms with Crippen molar-refractivity contribution in [2.24, 2.45) is 0 Å². The van der Waals surface area contributed by atoms with Gasteiger partial charge in [0, 0.05) is 25.0 Å². The Morgan fingerprint density at radius 2 is 2.04 bits per heavy atom. The molecule has 0 aromatic carbocycles. The number of aryl methyl sites for hydroxylation is 2. The van der Waals surface area contributed by atoms with Gasteiger partial charge in [0.2, 0.25) is 5.91 Å². The summed E-state index contributed by atoms with van der Waals surface area (Å²) < 4.78 is 41.1. The standard InChI is InChI=1S/C14H17BrF3N5O/c1-9-4-6-20-22(9)7-3-5-19-11(24)8-23-10(2)12(15)13(21-23)14(16,17)18/h4,6H,3,5,7-8H2,1-2H3,(H,19,24). The quantitative estimate of drug-likeness (QED) is 0.748. The molecule has 0 aliphatic heterocycles. The SMILES string of the molecule is Cc1ccnn1CCCNC(=O)Cn1nc(C(F)(F)F)c(Br)c1C. The van der Waals surface area contributed by atoms with Crippen LogP contribution >= 0.6 is 15.9 Å². The fourth-order valence-electron chi connectivity index (χ4n) is 2.14. The Morgan fingerprint density at radius 3 is 2.58 bits per heavy atom. The highest BCUT2D eigenvalue weighted by Gasteiger charge is 2.38. The molecule has 0 spiro atoms. The molecule has 0 unspecified atom stereocenters. The summed E-state index contributed by atoms with van der Waals surface area (Å²) in [6.45, 7) is 4.21. The Hall–Kier alpha value is -1.84. The van der Waals surface area contributed by atoms with E-state index in [2.05, 4.69) is 31.4 Å². The first-order valence-electron chi connectivity index (χ1n) is 7.25. The number of hydrogen-bond acceptors (Lipinski definition) is 3. The van der Waals surface area contributed by atoms with Crippen molar-refractivity contribution >= 4 is 21.8 Å². The third-order valence-corrected chi connectivity index (χ3v) is 4.44. The van der Waals surface area contributed by atoms with Crippen molar-refractivity contribution in [2.75, 3.05) is 6.54 Å². The van der Waals surface area contributed by atoms with Gasteiger partial charge in [-0.1, -0.05) is 0 Å². The molecule has 2 aromatic rings. The topological polar surface area (TPSA) is 64.7 Å². The molecule has 0 saturated heterocycles. The van der Waals surface area contributed by atoms with E-state index in [1.807, 2.05) is 17.7 Å². The molecule has 0 bridgehead atoms. The Balaban J connectivity index is 1.85. The largest absolute Gasteiger partial charge is 0.436 e. The van der Waals surface area contributed by atoms with Crippen molar-refractivity contribution in [1.82, 2.24) is 24.9 Å². The van der Waals surface area contributed by atoms with Crippen LogP contribution in [-0.4, -0.2) is 32.0 Å². The Kier molecular flexibility index (Phi) is 5.68. The van der Waals surface area contributed by atoms with Gasteiger partial charge in [-0.2, -0.15) is 23.4 Å². The molecule has 2 heterocycles. The lowest BCUT2D eigenvalue weighted by Gasteiger charge is -2.08. The average molecular weight is 408 g/mol. The zero-order valence-corrected chi connectivity index (χ0v) is 14.8. The van der Waals surface area contributed by atoms with Gasteiger partial charge in [0.15, 0.2) is 5.69 Å². The zero-order valence-electron chi connectivity index (χ0n) is 13.2. The van der Waals surface area contributed by atoms with Crippen LogP contribution in [0.2, 0.25) is 0 Å². The number of aromatic nitrogens is 4. The molecule has 1 N–H and O–H groups in total. The fraction of sp³-hybridized carbons (Fsp3) is 0.500. The molecule has 10 heteroatoms. The molecule has 0 saturated carbocycles. The van der Waals surface area contributed by atoms with E-state index in [9.17, 15) is 18.0 Å². The minimum atomic E-state index is -4.56. The molecule has 0 radical (unpaired) electrons. The second-order valence-corrected chi connectivity index (χ2v) is 6.10. The summed E-state index contributed by atoms with van der Waals surface area (Å²) in [4.78, 5) is 11.9. The molecule has 0 fully saturated rings. The van der Waals surface area contributed by atoms with E-state index in [4.69, 9.17) is 0 Å². The Bertz CT molecular complexity index is 723. The third kappa shape index (κ3) is 4.37. The molecule has 2 aromatic heterocycles. The van der Waals surface area contributed by atoms with E-state index < -0.39 is 11.9 Å². The first-order chi connectivity index (χ1) is 11.2. The maximum Gasteiger partial charge on any atom is 0.436 e. The third-order valence-electron chi connectivity index (χ3n) is 3.49. The average Bonchev–Trinajstić information content (AvgIpc) is 3.01. The molecule has 0 aliphatic carbocycles. The molecular formula is C14H17BrF3N5O. The van der Waals surface area contributed by atoms with Crippen LogP contribution < -0.4 is 5.32 Å². The minimum absolute atomic E-state index is 0.142. The molecular weight excluding hydrogens is 391 g/mol. The van der Waals surface area contributed by atoms with Crippen LogP contribution in [0.15, 0.2) is 16.7 Å². The lowest BCUT2D eigenvalue weighted by Crippen LogP contribution is -2.30. The number of rotatable bonds is 6. The molecule has 24 heavy (non-hydrogen) atoms. The summed E-state index contributed by atoms with van der Waals surface area (Å²) in [5.74, 6) is -0.390. The smallest absolute Gasteiger partial charge is 0.354 e. The summed E-state index contributed by atoms with van der Waals surface area (Å²) in [5, 5.41) is 10.3. The second kappa shape index (κ2) is 7.37. The van der Waals surface area contributed by atoms with Crippen molar-refractivity contribution < 1.29 is 18.0 Å². The summed E-state index contributed by atoms with van der Waals surface area (Å²) in [6.07, 6.45) is -2.19. The lowest BCUT2D eigenvalue weighted by atomic mass is 10.3. The number of alkyl halides is 3. The van der Waals surface area contributed by atoms with Crippen LogP contribution in [0.5, 0.6) is 0 Å². The molecule has 0 atom stereocenters. The number of hydrogen-bond donors (Lipinski definition) is 1. The summed E-state index contributed by atoms with van der Waals surface area (Å²) >= 11 is 2.87. The van der Waals surface area contributed by atoms with Gasteiger partial charge in [0.1, 0.15) is 6.54 Å². The zero-order chi connectivity index (χ0) is 17.9. The molecule has 132 valence electrons. The van der Waals surface area contributed by atoms with Gasteiger partial charge in [-0.25, -0.2) is 0 Å². The van der Waals surface area contributed by atoms with Gasteiger partial charge in [-0.3, -0.25) is 14.2 Å². The first kappa shape index (κ1) is 18.5. The highest BCUT2D eigenvalue weighted by atomic mass is 79.9. The van der Waals surface area contributed by atoms with E-state index >= 15 is 0 Å². The molecule has 1 amide bonds. The van der Waals surface area contributed by atoms with Crippen LogP contribution in [0.3, 0.4) is 0 Å². The predicted molar refractivity (Wildman–Crippen MR) is 84.3 cm³/mol. The van der Waals surface area contributed by atoms with Gasteiger partial charge in [0.25, 0.3) is 0 Å². The van der Waals surface area contributed by atoms with Gasteiger partial charge in [-0.05, 0) is 42.3 Å². The summed E-state index contributed by atoms with van der Waals surface area (Å²) in [7, 11) is 0. The summed E-state index contributed by atoms with van der Waals surface area (Å²) in [6, 6.07) is 1.88. The van der Waals surface area contributed by atoms with E-state index in [1.54, 1.807) is 6.20 Å². The van der Waals surface area contributed by atoms with E-state index in [1.165, 1.54) is 6.92 Å². The number of nitrogens with zero attached hydrogens (tertiary/aromatic N) is 4. The van der Waals surface area contributed by atoms with Crippen molar-refractivity contribution in [2.45, 2.75) is 39.5 Å². The van der Waals surface area contributed by atoms with E-state index in [0.717, 1.165) is 10.4 Å². The maximum absolute atomic E-state index is 12.8. The molecule has 6 nitrogen and oxygen atoms in total. The van der Waals surface area contributed by atoms with Crippen LogP contribution in [0.1, 0.15) is 23.5 Å². The highest BCUT2D eigenvalue weighted by Crippen LogP contribution is 2.35. The molecule has 2 rings (SSSR count). The Morgan fingerprint density at radius 1 is 1.33 bits per heavy atom. The minimum Gasteiger partial charge on any atom is -0.354 e. The monoisotopic (exact) mass is 407 g/mol. The number of carbonyl (C=O) groups is 1. The maximum atomic E-state index is 12.8. The number of carbonyl (C=O) groups excluding carboxylic acids is 1. The molecule has 0 aliphatic rings. The number of amides is 1. The van der Waals surface area contributed by atoms with Crippen LogP contribution in [0.4, 0.5) is 13.2 Å². The van der Waals surface area contributed by atoms with Gasteiger partial charge < -0.3 is 5.32 Å². The lowest BCUT2D eigenvalue weighted by molar-refractivity contribution is -0.142. The predicted octanol–water partition coefficient (Wildman–Crippen LogP) is 2.68. The number of halogens is 4. The van der Waals surface area contributed by atoms with Crippen molar-refractivity contribution in [3.05, 3.63) is 33.8 Å². The normalized spacial score (nSPS) is 11.8. The van der Waals surface area contributed by atoms with Crippen molar-refractivity contribution in [3.8, 4) is 0 Å². The van der Waals surface area contributed by atoms with Gasteiger partial charge in [-0.15, -0.1) is 0 Å². The van der Waals surface area contributed by atoms with Crippen molar-refractivity contribution in [1.29, 1.82) is 0 Å². The van der Waals surface area contributed by atoms with Crippen LogP contribution in [0, 0.1) is 13.8 Å². The highest BCUT2D eigenvalue weighted by molar-refractivity contribution is 9.10. The Labute approximate surface area is 145 Å². The van der Waals surface area contributed by atoms with E-state index in [-0.39, 0.29) is 22.6 Å². The number of nitrogens with one attached hydrogen (secondary N) is 1. The fourth-order valence-corrected chi connectivity index (χ4v) is 2.65.